The summed E-state index contributed by atoms with van der Waals surface area (Å²) in [4.78, 5) is 37.8. The molecular weight excluding hydrogens is 781 g/mol. The van der Waals surface area contributed by atoms with Crippen LogP contribution in [-0.4, -0.2) is 37.2 Å². The maximum atomic E-state index is 12.8. The lowest BCUT2D eigenvalue weighted by Crippen LogP contribution is -2.30. The molecule has 0 N–H and O–H groups in total. The lowest BCUT2D eigenvalue weighted by atomic mass is 10.0. The van der Waals surface area contributed by atoms with E-state index >= 15 is 0 Å². The van der Waals surface area contributed by atoms with Gasteiger partial charge in [0.2, 0.25) is 0 Å². The Morgan fingerprint density at radius 2 is 0.698 bits per heavy atom. The maximum absolute atomic E-state index is 12.8. The quantitative estimate of drug-likeness (QED) is 0.0262. The highest BCUT2D eigenvalue weighted by molar-refractivity contribution is 5.72. The number of allylic oxidation sites excluding steroid dienone is 11. The maximum Gasteiger partial charge on any atom is 0.309 e. The van der Waals surface area contributed by atoms with Gasteiger partial charge in [0.05, 0.1) is 6.42 Å². The number of hydrogen-bond donors (Lipinski definition) is 0. The van der Waals surface area contributed by atoms with Gasteiger partial charge in [-0.1, -0.05) is 241 Å². The van der Waals surface area contributed by atoms with Crippen molar-refractivity contribution in [2.24, 2.45) is 0 Å². The highest BCUT2D eigenvalue weighted by Gasteiger charge is 2.19. The van der Waals surface area contributed by atoms with E-state index in [1.165, 1.54) is 148 Å². The Bertz CT molecular complexity index is 1190. The van der Waals surface area contributed by atoms with Crippen molar-refractivity contribution in [1.29, 1.82) is 0 Å². The molecule has 362 valence electrons. The summed E-state index contributed by atoms with van der Waals surface area (Å²) in [6.45, 7) is 6.39. The molecule has 0 aromatic carbocycles. The standard InChI is InChI=1S/C57H98O6/c1-4-7-10-13-16-19-21-23-25-27-28-30-31-33-35-38-41-44-47-50-56(59)62-53-54(52-61-55(58)49-46-43-40-37-18-15-12-9-6-3)63-57(60)51-48-45-42-39-36-34-32-29-26-24-22-20-17-14-11-8-5-2/h9,12,18,24,26,32,34,37,39,42-43,46,54H,4-8,10-11,13-17,19-23,25,27-31,33,35-36,38,40-41,44-45,47-53H2,1-3H3/b12-9-,26-24-,34-32-,37-18-,42-39-,46-43-. The van der Waals surface area contributed by atoms with Crippen LogP contribution in [0.3, 0.4) is 0 Å². The fourth-order valence-corrected chi connectivity index (χ4v) is 7.28. The topological polar surface area (TPSA) is 78.9 Å². The highest BCUT2D eigenvalue weighted by Crippen LogP contribution is 2.15. The van der Waals surface area contributed by atoms with Crippen LogP contribution in [0.1, 0.15) is 252 Å². The van der Waals surface area contributed by atoms with Crippen molar-refractivity contribution in [1.82, 2.24) is 0 Å². The average Bonchev–Trinajstić information content (AvgIpc) is 3.28. The van der Waals surface area contributed by atoms with Crippen LogP contribution in [0, 0.1) is 0 Å². The monoisotopic (exact) mass is 879 g/mol. The summed E-state index contributed by atoms with van der Waals surface area (Å²) < 4.78 is 16.6. The number of ether oxygens (including phenoxy) is 3. The number of esters is 3. The Morgan fingerprint density at radius 3 is 1.16 bits per heavy atom. The van der Waals surface area contributed by atoms with E-state index in [2.05, 4.69) is 81.5 Å². The van der Waals surface area contributed by atoms with E-state index in [1.807, 2.05) is 6.08 Å². The zero-order chi connectivity index (χ0) is 45.8. The zero-order valence-corrected chi connectivity index (χ0v) is 41.3. The van der Waals surface area contributed by atoms with Gasteiger partial charge in [0.25, 0.3) is 0 Å². The summed E-state index contributed by atoms with van der Waals surface area (Å²) >= 11 is 0. The molecule has 1 atom stereocenters. The first kappa shape index (κ1) is 59.9. The lowest BCUT2D eigenvalue weighted by molar-refractivity contribution is -0.166. The molecule has 0 saturated carbocycles. The normalized spacial score (nSPS) is 12.6. The summed E-state index contributed by atoms with van der Waals surface area (Å²) in [5, 5.41) is 0. The first-order valence-electron chi connectivity index (χ1n) is 26.4. The van der Waals surface area contributed by atoms with E-state index in [0.29, 0.717) is 12.8 Å². The molecule has 0 aliphatic heterocycles. The zero-order valence-electron chi connectivity index (χ0n) is 41.3. The Balaban J connectivity index is 4.39. The molecule has 0 aliphatic rings. The minimum absolute atomic E-state index is 0.120. The average molecular weight is 879 g/mol. The molecule has 6 nitrogen and oxygen atoms in total. The molecule has 0 aliphatic carbocycles. The predicted octanol–water partition coefficient (Wildman–Crippen LogP) is 17.4. The summed E-state index contributed by atoms with van der Waals surface area (Å²) in [5.41, 5.74) is 0. The molecule has 0 amide bonds. The third-order valence-corrected chi connectivity index (χ3v) is 11.2. The van der Waals surface area contributed by atoms with Gasteiger partial charge in [0, 0.05) is 12.8 Å². The second-order valence-electron chi connectivity index (χ2n) is 17.4. The molecule has 0 aromatic rings. The largest absolute Gasteiger partial charge is 0.462 e. The van der Waals surface area contributed by atoms with Crippen LogP contribution in [-0.2, 0) is 28.6 Å². The van der Waals surface area contributed by atoms with E-state index in [9.17, 15) is 14.4 Å². The summed E-state index contributed by atoms with van der Waals surface area (Å²) in [5.74, 6) is -1.10. The van der Waals surface area contributed by atoms with Gasteiger partial charge in [0.15, 0.2) is 6.10 Å². The van der Waals surface area contributed by atoms with Crippen LogP contribution in [0.2, 0.25) is 0 Å². The fourth-order valence-electron chi connectivity index (χ4n) is 7.28. The van der Waals surface area contributed by atoms with Crippen molar-refractivity contribution in [2.75, 3.05) is 13.2 Å². The molecule has 63 heavy (non-hydrogen) atoms. The second-order valence-corrected chi connectivity index (χ2v) is 17.4. The van der Waals surface area contributed by atoms with Crippen molar-refractivity contribution < 1.29 is 28.6 Å². The summed E-state index contributed by atoms with van der Waals surface area (Å²) in [6.07, 6.45) is 65.1. The smallest absolute Gasteiger partial charge is 0.309 e. The molecule has 0 radical (unpaired) electrons. The third kappa shape index (κ3) is 49.7. The highest BCUT2D eigenvalue weighted by atomic mass is 16.6. The van der Waals surface area contributed by atoms with Crippen LogP contribution in [0.15, 0.2) is 72.9 Å². The van der Waals surface area contributed by atoms with Crippen LogP contribution in [0.5, 0.6) is 0 Å². The summed E-state index contributed by atoms with van der Waals surface area (Å²) in [7, 11) is 0. The van der Waals surface area contributed by atoms with Crippen molar-refractivity contribution in [3.63, 3.8) is 0 Å². The van der Waals surface area contributed by atoms with Gasteiger partial charge >= 0.3 is 17.9 Å². The lowest BCUT2D eigenvalue weighted by Gasteiger charge is -2.18. The van der Waals surface area contributed by atoms with Gasteiger partial charge < -0.3 is 14.2 Å². The number of carbonyl (C=O) groups excluding carboxylic acids is 3. The van der Waals surface area contributed by atoms with Crippen molar-refractivity contribution >= 4 is 17.9 Å². The molecular formula is C57H98O6. The van der Waals surface area contributed by atoms with E-state index in [1.54, 1.807) is 6.08 Å². The minimum atomic E-state index is -0.834. The number of unbranched alkanes of at least 4 members (excludes halogenated alkanes) is 25. The molecule has 0 fully saturated rings. The number of carbonyl (C=O) groups is 3. The Morgan fingerprint density at radius 1 is 0.349 bits per heavy atom. The molecule has 0 bridgehead atoms. The van der Waals surface area contributed by atoms with Crippen LogP contribution < -0.4 is 0 Å². The molecule has 0 saturated heterocycles. The Labute approximate surface area is 389 Å². The first-order chi connectivity index (χ1) is 31.0. The molecule has 0 spiro atoms. The van der Waals surface area contributed by atoms with E-state index < -0.39 is 12.1 Å². The van der Waals surface area contributed by atoms with E-state index in [4.69, 9.17) is 14.2 Å². The summed E-state index contributed by atoms with van der Waals surface area (Å²) in [6, 6.07) is 0. The minimum Gasteiger partial charge on any atom is -0.462 e. The Kier molecular flexibility index (Phi) is 48.9. The van der Waals surface area contributed by atoms with Gasteiger partial charge in [-0.25, -0.2) is 0 Å². The number of rotatable bonds is 47. The van der Waals surface area contributed by atoms with Gasteiger partial charge in [0.1, 0.15) is 13.2 Å². The molecule has 6 heteroatoms. The number of hydrogen-bond acceptors (Lipinski definition) is 6. The van der Waals surface area contributed by atoms with Crippen LogP contribution >= 0.6 is 0 Å². The SMILES string of the molecule is CC/C=C\C/C=C\C/C=C\CC(=O)OCC(COC(=O)CCCCCCCCCCCCCCCCCCCCC)OC(=O)CCC/C=C\C/C=C\C/C=C\CCCCCCCC. The van der Waals surface area contributed by atoms with E-state index in [-0.39, 0.29) is 38.0 Å². The van der Waals surface area contributed by atoms with Crippen LogP contribution in [0.4, 0.5) is 0 Å². The molecule has 0 heterocycles. The third-order valence-electron chi connectivity index (χ3n) is 11.2. The van der Waals surface area contributed by atoms with Crippen molar-refractivity contribution in [2.45, 2.75) is 258 Å². The van der Waals surface area contributed by atoms with Gasteiger partial charge in [-0.15, -0.1) is 0 Å². The molecule has 0 aromatic heterocycles. The Hall–Kier alpha value is -3.15. The fraction of sp³-hybridized carbons (Fsp3) is 0.737. The predicted molar refractivity (Wildman–Crippen MR) is 270 cm³/mol. The van der Waals surface area contributed by atoms with Crippen molar-refractivity contribution in [3.05, 3.63) is 72.9 Å². The second kappa shape index (κ2) is 51.5. The van der Waals surface area contributed by atoms with Gasteiger partial charge in [-0.05, 0) is 64.2 Å². The van der Waals surface area contributed by atoms with E-state index in [0.717, 1.165) is 57.8 Å². The van der Waals surface area contributed by atoms with Gasteiger partial charge in [-0.2, -0.15) is 0 Å². The molecule has 0 rings (SSSR count). The first-order valence-corrected chi connectivity index (χ1v) is 26.4. The van der Waals surface area contributed by atoms with Crippen LogP contribution in [0.25, 0.3) is 0 Å². The molecule has 1 unspecified atom stereocenters. The van der Waals surface area contributed by atoms with Crippen molar-refractivity contribution in [3.8, 4) is 0 Å². The van der Waals surface area contributed by atoms with Gasteiger partial charge in [-0.3, -0.25) is 14.4 Å².